The van der Waals surface area contributed by atoms with Gasteiger partial charge in [-0.15, -0.1) is 0 Å². The van der Waals surface area contributed by atoms with Crippen LogP contribution in [0.4, 0.5) is 16.2 Å². The molecule has 90 valence electrons. The van der Waals surface area contributed by atoms with E-state index in [4.69, 9.17) is 5.73 Å². The Kier molecular flexibility index (Phi) is 2.99. The molecule has 0 aromatic heterocycles. The van der Waals surface area contributed by atoms with Crippen LogP contribution in [0.1, 0.15) is 19.8 Å². The summed E-state index contributed by atoms with van der Waals surface area (Å²) in [7, 11) is 0. The molecule has 17 heavy (non-hydrogen) atoms. The van der Waals surface area contributed by atoms with Crippen LogP contribution in [0.15, 0.2) is 24.3 Å². The van der Waals surface area contributed by atoms with Gasteiger partial charge in [0.05, 0.1) is 5.69 Å². The standard InChI is InChI=1S/C12H15N3O2/c1-2-3-10-11(16)15(12(17)14-10)9-6-4-8(13)5-7-9/h4-7,10H,2-3,13H2,1H3,(H,14,17). The molecule has 0 radical (unpaired) electrons. The molecule has 5 nitrogen and oxygen atoms in total. The number of nitrogen functional groups attached to an aromatic ring is 1. The van der Waals surface area contributed by atoms with Gasteiger partial charge in [0.2, 0.25) is 0 Å². The Hall–Kier alpha value is -2.04. The van der Waals surface area contributed by atoms with Crippen LogP contribution in [0.3, 0.4) is 0 Å². The van der Waals surface area contributed by atoms with Gasteiger partial charge in [-0.05, 0) is 30.7 Å². The highest BCUT2D eigenvalue weighted by Crippen LogP contribution is 2.22. The van der Waals surface area contributed by atoms with Gasteiger partial charge in [0, 0.05) is 5.69 Å². The van der Waals surface area contributed by atoms with Gasteiger partial charge in [-0.25, -0.2) is 9.69 Å². The number of urea groups is 1. The maximum atomic E-state index is 12.0. The Labute approximate surface area is 99.6 Å². The number of carbonyl (C=O) groups is 2. The van der Waals surface area contributed by atoms with Gasteiger partial charge in [0.25, 0.3) is 5.91 Å². The Balaban J connectivity index is 2.24. The summed E-state index contributed by atoms with van der Waals surface area (Å²) >= 11 is 0. The molecule has 1 aromatic rings. The lowest BCUT2D eigenvalue weighted by Crippen LogP contribution is -2.31. The highest BCUT2D eigenvalue weighted by molar-refractivity contribution is 6.21. The van der Waals surface area contributed by atoms with E-state index >= 15 is 0 Å². The van der Waals surface area contributed by atoms with Crippen molar-refractivity contribution in [3.05, 3.63) is 24.3 Å². The van der Waals surface area contributed by atoms with Crippen LogP contribution in [-0.4, -0.2) is 18.0 Å². The quantitative estimate of drug-likeness (QED) is 0.613. The third-order valence-electron chi connectivity index (χ3n) is 2.75. The molecule has 0 bridgehead atoms. The second-order valence-corrected chi connectivity index (χ2v) is 4.06. The summed E-state index contributed by atoms with van der Waals surface area (Å²) in [6.45, 7) is 1.98. The van der Waals surface area contributed by atoms with Gasteiger partial charge in [0.1, 0.15) is 6.04 Å². The monoisotopic (exact) mass is 233 g/mol. The van der Waals surface area contributed by atoms with E-state index in [1.807, 2.05) is 6.92 Å². The summed E-state index contributed by atoms with van der Waals surface area (Å²) in [6, 6.07) is 5.91. The number of rotatable bonds is 3. The van der Waals surface area contributed by atoms with E-state index in [0.29, 0.717) is 17.8 Å². The molecular formula is C12H15N3O2. The summed E-state index contributed by atoms with van der Waals surface area (Å²) in [4.78, 5) is 24.9. The molecule has 1 heterocycles. The summed E-state index contributed by atoms with van der Waals surface area (Å²) in [5, 5.41) is 2.67. The van der Waals surface area contributed by atoms with Gasteiger partial charge in [-0.1, -0.05) is 13.3 Å². The minimum absolute atomic E-state index is 0.193. The average Bonchev–Trinajstić information content (AvgIpc) is 2.57. The van der Waals surface area contributed by atoms with Crippen molar-refractivity contribution in [1.82, 2.24) is 5.32 Å². The smallest absolute Gasteiger partial charge is 0.329 e. The fourth-order valence-corrected chi connectivity index (χ4v) is 1.88. The third-order valence-corrected chi connectivity index (χ3v) is 2.75. The van der Waals surface area contributed by atoms with Crippen molar-refractivity contribution in [1.29, 1.82) is 0 Å². The number of benzene rings is 1. The highest BCUT2D eigenvalue weighted by atomic mass is 16.2. The maximum absolute atomic E-state index is 12.0. The van der Waals surface area contributed by atoms with Gasteiger partial charge >= 0.3 is 6.03 Å². The normalized spacial score (nSPS) is 19.6. The zero-order chi connectivity index (χ0) is 12.4. The van der Waals surface area contributed by atoms with Crippen molar-refractivity contribution in [2.24, 2.45) is 0 Å². The van der Waals surface area contributed by atoms with Crippen molar-refractivity contribution in [3.63, 3.8) is 0 Å². The highest BCUT2D eigenvalue weighted by Gasteiger charge is 2.38. The lowest BCUT2D eigenvalue weighted by molar-refractivity contribution is -0.118. The van der Waals surface area contributed by atoms with Crippen LogP contribution >= 0.6 is 0 Å². The van der Waals surface area contributed by atoms with E-state index in [9.17, 15) is 9.59 Å². The number of anilines is 2. The fraction of sp³-hybridized carbons (Fsp3) is 0.333. The first-order valence-electron chi connectivity index (χ1n) is 5.63. The average molecular weight is 233 g/mol. The first-order valence-corrected chi connectivity index (χ1v) is 5.63. The summed E-state index contributed by atoms with van der Waals surface area (Å²) in [5.41, 5.74) is 6.72. The predicted molar refractivity (Wildman–Crippen MR) is 65.6 cm³/mol. The molecule has 3 N–H and O–H groups in total. The number of nitrogens with two attached hydrogens (primary N) is 1. The second-order valence-electron chi connectivity index (χ2n) is 4.06. The molecule has 1 unspecified atom stereocenters. The number of carbonyl (C=O) groups excluding carboxylic acids is 2. The molecule has 1 aliphatic rings. The van der Waals surface area contributed by atoms with E-state index in [0.717, 1.165) is 6.42 Å². The summed E-state index contributed by atoms with van der Waals surface area (Å²) in [5.74, 6) is -0.193. The molecular weight excluding hydrogens is 218 g/mol. The molecule has 0 spiro atoms. The van der Waals surface area contributed by atoms with Gasteiger partial charge in [0.15, 0.2) is 0 Å². The molecule has 3 amide bonds. The first kappa shape index (κ1) is 11.4. The Morgan fingerprint density at radius 1 is 1.29 bits per heavy atom. The lowest BCUT2D eigenvalue weighted by Gasteiger charge is -2.12. The lowest BCUT2D eigenvalue weighted by atomic mass is 10.1. The summed E-state index contributed by atoms with van der Waals surface area (Å²) in [6.07, 6.45) is 1.52. The molecule has 1 aromatic carbocycles. The fourth-order valence-electron chi connectivity index (χ4n) is 1.88. The molecule has 1 aliphatic heterocycles. The van der Waals surface area contributed by atoms with Crippen molar-refractivity contribution in [3.8, 4) is 0 Å². The Morgan fingerprint density at radius 3 is 2.53 bits per heavy atom. The second kappa shape index (κ2) is 4.45. The molecule has 0 aliphatic carbocycles. The van der Waals surface area contributed by atoms with Crippen molar-refractivity contribution in [2.75, 3.05) is 10.6 Å². The molecule has 2 rings (SSSR count). The Morgan fingerprint density at radius 2 is 1.94 bits per heavy atom. The van der Waals surface area contributed by atoms with E-state index in [2.05, 4.69) is 5.32 Å². The minimum Gasteiger partial charge on any atom is -0.399 e. The number of amides is 3. The summed E-state index contributed by atoms with van der Waals surface area (Å²) < 4.78 is 0. The first-order chi connectivity index (χ1) is 8.13. The number of hydrogen-bond acceptors (Lipinski definition) is 3. The molecule has 1 fully saturated rings. The largest absolute Gasteiger partial charge is 0.399 e. The third kappa shape index (κ3) is 2.08. The molecule has 1 saturated heterocycles. The van der Waals surface area contributed by atoms with Crippen LogP contribution in [-0.2, 0) is 4.79 Å². The minimum atomic E-state index is -0.398. The van der Waals surface area contributed by atoms with Crippen LogP contribution in [0.25, 0.3) is 0 Å². The van der Waals surface area contributed by atoms with Crippen molar-refractivity contribution in [2.45, 2.75) is 25.8 Å². The van der Waals surface area contributed by atoms with E-state index in [1.54, 1.807) is 24.3 Å². The van der Waals surface area contributed by atoms with Crippen molar-refractivity contribution >= 4 is 23.3 Å². The van der Waals surface area contributed by atoms with E-state index in [1.165, 1.54) is 4.90 Å². The Bertz CT molecular complexity index is 442. The number of nitrogens with one attached hydrogen (secondary N) is 1. The molecule has 5 heteroatoms. The van der Waals surface area contributed by atoms with Crippen LogP contribution < -0.4 is 16.0 Å². The predicted octanol–water partition coefficient (Wildman–Crippen LogP) is 1.49. The number of nitrogens with zero attached hydrogens (tertiary/aromatic N) is 1. The number of hydrogen-bond donors (Lipinski definition) is 2. The van der Waals surface area contributed by atoms with E-state index in [-0.39, 0.29) is 11.9 Å². The SMILES string of the molecule is CCCC1NC(=O)N(c2ccc(N)cc2)C1=O. The van der Waals surface area contributed by atoms with E-state index < -0.39 is 6.04 Å². The van der Waals surface area contributed by atoms with Gasteiger partial charge < -0.3 is 11.1 Å². The number of imide groups is 1. The van der Waals surface area contributed by atoms with Gasteiger partial charge in [-0.3, -0.25) is 4.79 Å². The van der Waals surface area contributed by atoms with Crippen LogP contribution in [0.2, 0.25) is 0 Å². The molecule has 1 atom stereocenters. The zero-order valence-corrected chi connectivity index (χ0v) is 9.64. The maximum Gasteiger partial charge on any atom is 0.329 e. The molecule has 0 saturated carbocycles. The van der Waals surface area contributed by atoms with Crippen LogP contribution in [0, 0.1) is 0 Å². The topological polar surface area (TPSA) is 75.4 Å². The van der Waals surface area contributed by atoms with Crippen molar-refractivity contribution < 1.29 is 9.59 Å². The van der Waals surface area contributed by atoms with Gasteiger partial charge in [-0.2, -0.15) is 0 Å². The zero-order valence-electron chi connectivity index (χ0n) is 9.64. The van der Waals surface area contributed by atoms with Crippen LogP contribution in [0.5, 0.6) is 0 Å².